The second kappa shape index (κ2) is 8.97. The van der Waals surface area contributed by atoms with Crippen molar-refractivity contribution in [1.82, 2.24) is 5.32 Å². The van der Waals surface area contributed by atoms with Gasteiger partial charge >= 0.3 is 0 Å². The zero-order valence-electron chi connectivity index (χ0n) is 14.6. The molecule has 0 spiro atoms. The number of hydrogen-bond acceptors (Lipinski definition) is 3. The van der Waals surface area contributed by atoms with Crippen molar-refractivity contribution in [3.8, 4) is 0 Å². The molecule has 0 aliphatic rings. The molecule has 0 saturated heterocycles. The Balaban J connectivity index is 1.97. The smallest absolute Gasteiger partial charge is 0.257 e. The molecule has 0 bridgehead atoms. The minimum atomic E-state index is -0.238. The Labute approximate surface area is 162 Å². The van der Waals surface area contributed by atoms with E-state index in [1.807, 2.05) is 37.3 Å². The van der Waals surface area contributed by atoms with Crippen molar-refractivity contribution in [2.75, 3.05) is 23.3 Å². The highest BCUT2D eigenvalue weighted by molar-refractivity contribution is 9.10. The number of carbonyl (C=O) groups excluding carboxylic acids is 1. The van der Waals surface area contributed by atoms with Crippen LogP contribution in [-0.2, 0) is 0 Å². The van der Waals surface area contributed by atoms with E-state index in [-0.39, 0.29) is 11.0 Å². The number of aryl methyl sites for hydroxylation is 1. The van der Waals surface area contributed by atoms with Crippen LogP contribution in [0, 0.1) is 6.92 Å². The SMILES string of the molecule is CCN(CC)c1ccc(NC(=S)NC(=O)c2ccc(C)c(Br)c2)cc1. The maximum absolute atomic E-state index is 12.3. The van der Waals surface area contributed by atoms with Crippen LogP contribution in [0.15, 0.2) is 46.9 Å². The fraction of sp³-hybridized carbons (Fsp3) is 0.263. The Kier molecular flexibility index (Phi) is 6.96. The summed E-state index contributed by atoms with van der Waals surface area (Å²) < 4.78 is 0.894. The second-order valence-electron chi connectivity index (χ2n) is 5.59. The van der Waals surface area contributed by atoms with Gasteiger partial charge in [0.05, 0.1) is 0 Å². The lowest BCUT2D eigenvalue weighted by atomic mass is 10.1. The number of nitrogens with one attached hydrogen (secondary N) is 2. The zero-order chi connectivity index (χ0) is 18.4. The van der Waals surface area contributed by atoms with Gasteiger partial charge in [-0.3, -0.25) is 10.1 Å². The molecule has 0 aliphatic heterocycles. The first-order valence-corrected chi connectivity index (χ1v) is 9.38. The largest absolute Gasteiger partial charge is 0.372 e. The maximum atomic E-state index is 12.3. The van der Waals surface area contributed by atoms with Crippen molar-refractivity contribution in [1.29, 1.82) is 0 Å². The molecule has 2 N–H and O–H groups in total. The van der Waals surface area contributed by atoms with E-state index in [9.17, 15) is 4.79 Å². The van der Waals surface area contributed by atoms with E-state index < -0.39 is 0 Å². The molecule has 0 heterocycles. The summed E-state index contributed by atoms with van der Waals surface area (Å²) in [6.45, 7) is 8.15. The standard InChI is InChI=1S/C19H22BrN3OS/c1-4-23(5-2)16-10-8-15(9-11-16)21-19(25)22-18(24)14-7-6-13(3)17(20)12-14/h6-12H,4-5H2,1-3H3,(H2,21,22,24,25). The van der Waals surface area contributed by atoms with E-state index in [4.69, 9.17) is 12.2 Å². The van der Waals surface area contributed by atoms with Crippen LogP contribution in [0.3, 0.4) is 0 Å². The first kappa shape index (κ1) is 19.4. The normalized spacial score (nSPS) is 10.2. The molecule has 0 aromatic heterocycles. The number of anilines is 2. The number of hydrogen-bond donors (Lipinski definition) is 2. The summed E-state index contributed by atoms with van der Waals surface area (Å²) in [6, 6.07) is 13.4. The first-order valence-electron chi connectivity index (χ1n) is 8.18. The van der Waals surface area contributed by atoms with Gasteiger partial charge in [0.25, 0.3) is 5.91 Å². The number of benzene rings is 2. The summed E-state index contributed by atoms with van der Waals surface area (Å²) >= 11 is 8.67. The van der Waals surface area contributed by atoms with E-state index in [1.54, 1.807) is 12.1 Å². The summed E-state index contributed by atoms with van der Waals surface area (Å²) in [5, 5.41) is 6.02. The van der Waals surface area contributed by atoms with Gasteiger partial charge in [0.15, 0.2) is 5.11 Å². The van der Waals surface area contributed by atoms with Crippen LogP contribution in [-0.4, -0.2) is 24.1 Å². The van der Waals surface area contributed by atoms with E-state index >= 15 is 0 Å². The molecule has 6 heteroatoms. The van der Waals surface area contributed by atoms with Gasteiger partial charge in [0.1, 0.15) is 0 Å². The number of amides is 1. The number of thiocarbonyl (C=S) groups is 1. The molecule has 0 unspecified atom stereocenters. The van der Waals surface area contributed by atoms with Crippen LogP contribution in [0.25, 0.3) is 0 Å². The predicted octanol–water partition coefficient (Wildman–Crippen LogP) is 4.73. The van der Waals surface area contributed by atoms with Crippen LogP contribution in [0.1, 0.15) is 29.8 Å². The topological polar surface area (TPSA) is 44.4 Å². The first-order chi connectivity index (χ1) is 11.9. The van der Waals surface area contributed by atoms with Crippen LogP contribution in [0.4, 0.5) is 11.4 Å². The maximum Gasteiger partial charge on any atom is 0.257 e. The number of rotatable bonds is 5. The van der Waals surface area contributed by atoms with Crippen molar-refractivity contribution in [3.05, 3.63) is 58.1 Å². The highest BCUT2D eigenvalue weighted by Gasteiger charge is 2.09. The molecule has 4 nitrogen and oxygen atoms in total. The predicted molar refractivity (Wildman–Crippen MR) is 113 cm³/mol. The van der Waals surface area contributed by atoms with Crippen molar-refractivity contribution in [3.63, 3.8) is 0 Å². The van der Waals surface area contributed by atoms with Gasteiger partial charge in [-0.2, -0.15) is 0 Å². The fourth-order valence-electron chi connectivity index (χ4n) is 2.42. The second-order valence-corrected chi connectivity index (χ2v) is 6.85. The molecule has 2 aromatic carbocycles. The molecule has 25 heavy (non-hydrogen) atoms. The Bertz CT molecular complexity index is 758. The van der Waals surface area contributed by atoms with E-state index in [0.29, 0.717) is 5.56 Å². The molecular weight excluding hydrogens is 398 g/mol. The van der Waals surface area contributed by atoms with Crippen LogP contribution < -0.4 is 15.5 Å². The van der Waals surface area contributed by atoms with Gasteiger partial charge in [-0.15, -0.1) is 0 Å². The fourth-order valence-corrected chi connectivity index (χ4v) is 3.01. The molecule has 132 valence electrons. The third-order valence-corrected chi connectivity index (χ3v) is 4.97. The Hall–Kier alpha value is -1.92. The summed E-state index contributed by atoms with van der Waals surface area (Å²) in [5.41, 5.74) is 3.63. The van der Waals surface area contributed by atoms with Crippen LogP contribution in [0.5, 0.6) is 0 Å². The third kappa shape index (κ3) is 5.28. The number of halogens is 1. The Morgan fingerprint density at radius 3 is 2.32 bits per heavy atom. The van der Waals surface area contributed by atoms with Gasteiger partial charge in [-0.05, 0) is 75.0 Å². The lowest BCUT2D eigenvalue weighted by molar-refractivity contribution is 0.0977. The molecule has 2 aromatic rings. The van der Waals surface area contributed by atoms with Gasteiger partial charge in [0.2, 0.25) is 0 Å². The highest BCUT2D eigenvalue weighted by atomic mass is 79.9. The molecule has 0 saturated carbocycles. The van der Waals surface area contributed by atoms with E-state index in [2.05, 4.69) is 45.3 Å². The van der Waals surface area contributed by atoms with Gasteiger partial charge in [-0.25, -0.2) is 0 Å². The van der Waals surface area contributed by atoms with Crippen LogP contribution >= 0.6 is 28.1 Å². The molecular formula is C19H22BrN3OS. The summed E-state index contributed by atoms with van der Waals surface area (Å²) in [5.74, 6) is -0.238. The molecule has 0 aliphatic carbocycles. The quantitative estimate of drug-likeness (QED) is 0.687. The van der Waals surface area contributed by atoms with Crippen molar-refractivity contribution in [2.24, 2.45) is 0 Å². The average molecular weight is 420 g/mol. The minimum Gasteiger partial charge on any atom is -0.372 e. The van der Waals surface area contributed by atoms with Crippen molar-refractivity contribution >= 4 is 50.5 Å². The van der Waals surface area contributed by atoms with E-state index in [1.165, 1.54) is 0 Å². The van der Waals surface area contributed by atoms with Crippen LogP contribution in [0.2, 0.25) is 0 Å². The molecule has 2 rings (SSSR count). The van der Waals surface area contributed by atoms with Crippen molar-refractivity contribution in [2.45, 2.75) is 20.8 Å². The Morgan fingerprint density at radius 1 is 1.12 bits per heavy atom. The van der Waals surface area contributed by atoms with Gasteiger partial charge in [-0.1, -0.05) is 22.0 Å². The average Bonchev–Trinajstić information content (AvgIpc) is 2.59. The summed E-state index contributed by atoms with van der Waals surface area (Å²) in [7, 11) is 0. The molecule has 0 atom stereocenters. The van der Waals surface area contributed by atoms with E-state index in [0.717, 1.165) is 34.5 Å². The lowest BCUT2D eigenvalue weighted by Crippen LogP contribution is -2.34. The summed E-state index contributed by atoms with van der Waals surface area (Å²) in [6.07, 6.45) is 0. The molecule has 0 fully saturated rings. The number of carbonyl (C=O) groups is 1. The van der Waals surface area contributed by atoms with Gasteiger partial charge in [0, 0.05) is 34.5 Å². The summed E-state index contributed by atoms with van der Waals surface area (Å²) in [4.78, 5) is 14.5. The minimum absolute atomic E-state index is 0.238. The molecule has 0 radical (unpaired) electrons. The number of nitrogens with zero attached hydrogens (tertiary/aromatic N) is 1. The lowest BCUT2D eigenvalue weighted by Gasteiger charge is -2.21. The Morgan fingerprint density at radius 2 is 1.76 bits per heavy atom. The third-order valence-electron chi connectivity index (χ3n) is 3.91. The van der Waals surface area contributed by atoms with Gasteiger partial charge < -0.3 is 10.2 Å². The molecule has 1 amide bonds. The monoisotopic (exact) mass is 419 g/mol. The highest BCUT2D eigenvalue weighted by Crippen LogP contribution is 2.19. The van der Waals surface area contributed by atoms with Crippen molar-refractivity contribution < 1.29 is 4.79 Å². The zero-order valence-corrected chi connectivity index (χ0v) is 17.0.